The number of ether oxygens (including phenoxy) is 2. The highest BCUT2D eigenvalue weighted by atomic mass is 35.5. The van der Waals surface area contributed by atoms with E-state index in [2.05, 4.69) is 38.8 Å². The van der Waals surface area contributed by atoms with Crippen LogP contribution >= 0.6 is 11.6 Å². The molecule has 0 atom stereocenters. The summed E-state index contributed by atoms with van der Waals surface area (Å²) >= 11 is 6.46. The Morgan fingerprint density at radius 2 is 1.78 bits per heavy atom. The minimum atomic E-state index is -3.69. The maximum Gasteiger partial charge on any atom is 0.258 e. The van der Waals surface area contributed by atoms with E-state index in [0.29, 0.717) is 50.0 Å². The van der Waals surface area contributed by atoms with Crippen LogP contribution in [0.2, 0.25) is 23.2 Å². The van der Waals surface area contributed by atoms with Crippen LogP contribution in [0, 0.1) is 0 Å². The summed E-state index contributed by atoms with van der Waals surface area (Å²) in [5, 5.41) is 1.05. The van der Waals surface area contributed by atoms with Crippen molar-refractivity contribution in [3.8, 4) is 17.2 Å². The van der Waals surface area contributed by atoms with Gasteiger partial charge in [0.2, 0.25) is 18.3 Å². The summed E-state index contributed by atoms with van der Waals surface area (Å²) in [6.45, 7) is 11.3. The number of nitrogens with zero attached hydrogens (tertiary/aromatic N) is 3. The van der Waals surface area contributed by atoms with Crippen molar-refractivity contribution in [2.45, 2.75) is 58.6 Å². The average Bonchev–Trinajstić information content (AvgIpc) is 3.30. The van der Waals surface area contributed by atoms with Crippen molar-refractivity contribution in [1.29, 1.82) is 0 Å². The van der Waals surface area contributed by atoms with E-state index < -0.39 is 18.3 Å². The SMILES string of the molecule is COc1ccc(COc2c3c(c(N(C)S(C)(=O)=O)c4cccnc24)CN(Cc2cc(Cl)ccc2O[Si](C)(C)C(C)(C)C)C3=O)cc1. The Balaban J connectivity index is 1.61. The largest absolute Gasteiger partial charge is 0.543 e. The molecule has 12 heteroatoms. The molecule has 0 N–H and O–H groups in total. The van der Waals surface area contributed by atoms with Crippen LogP contribution in [0.25, 0.3) is 10.9 Å². The minimum Gasteiger partial charge on any atom is -0.543 e. The maximum absolute atomic E-state index is 14.4. The van der Waals surface area contributed by atoms with Gasteiger partial charge >= 0.3 is 0 Å². The van der Waals surface area contributed by atoms with Gasteiger partial charge in [-0.1, -0.05) is 44.5 Å². The van der Waals surface area contributed by atoms with E-state index in [1.54, 1.807) is 36.4 Å². The van der Waals surface area contributed by atoms with Crippen LogP contribution in [-0.4, -0.2) is 52.9 Å². The fraction of sp³-hybridized carbons (Fsp3) is 0.353. The van der Waals surface area contributed by atoms with Gasteiger partial charge < -0.3 is 18.8 Å². The minimum absolute atomic E-state index is 0.0437. The molecule has 0 aliphatic carbocycles. The molecule has 5 rings (SSSR count). The number of benzene rings is 3. The predicted molar refractivity (Wildman–Crippen MR) is 185 cm³/mol. The Hall–Kier alpha value is -3.80. The first kappa shape index (κ1) is 33.6. The van der Waals surface area contributed by atoms with Gasteiger partial charge in [0.1, 0.15) is 23.6 Å². The Labute approximate surface area is 277 Å². The summed E-state index contributed by atoms with van der Waals surface area (Å²) < 4.78 is 45.4. The van der Waals surface area contributed by atoms with Crippen LogP contribution in [0.3, 0.4) is 0 Å². The van der Waals surface area contributed by atoms with Gasteiger partial charge in [-0.15, -0.1) is 0 Å². The Morgan fingerprint density at radius 1 is 1.09 bits per heavy atom. The molecule has 0 unspecified atom stereocenters. The van der Waals surface area contributed by atoms with Gasteiger partial charge in [-0.05, 0) is 66.2 Å². The molecule has 0 spiro atoms. The highest BCUT2D eigenvalue weighted by Crippen LogP contribution is 2.46. The van der Waals surface area contributed by atoms with Gasteiger partial charge in [0.25, 0.3) is 5.91 Å². The van der Waals surface area contributed by atoms with Crippen molar-refractivity contribution in [2.75, 3.05) is 24.7 Å². The summed E-state index contributed by atoms with van der Waals surface area (Å²) in [5.41, 5.74) is 3.28. The number of amides is 1. The van der Waals surface area contributed by atoms with Crippen molar-refractivity contribution < 1.29 is 27.1 Å². The number of anilines is 1. The highest BCUT2D eigenvalue weighted by molar-refractivity contribution is 7.92. The van der Waals surface area contributed by atoms with E-state index in [1.165, 1.54) is 11.4 Å². The molecule has 0 radical (unpaired) electrons. The molecule has 4 aromatic rings. The number of fused-ring (bicyclic) bond motifs is 2. The molecule has 1 aliphatic rings. The Morgan fingerprint density at radius 3 is 2.41 bits per heavy atom. The molecule has 0 saturated heterocycles. The number of sulfonamides is 1. The van der Waals surface area contributed by atoms with Crippen LogP contribution in [0.1, 0.15) is 47.8 Å². The summed E-state index contributed by atoms with van der Waals surface area (Å²) in [4.78, 5) is 20.7. The van der Waals surface area contributed by atoms with Crippen LogP contribution in [0.15, 0.2) is 60.8 Å². The van der Waals surface area contributed by atoms with E-state index in [1.807, 2.05) is 36.4 Å². The van der Waals surface area contributed by atoms with Crippen molar-refractivity contribution in [2.24, 2.45) is 0 Å². The number of pyridine rings is 1. The van der Waals surface area contributed by atoms with Crippen molar-refractivity contribution in [1.82, 2.24) is 9.88 Å². The zero-order valence-electron chi connectivity index (χ0n) is 27.5. The lowest BCUT2D eigenvalue weighted by Gasteiger charge is -2.37. The number of rotatable bonds is 10. The molecule has 1 aliphatic heterocycles. The summed E-state index contributed by atoms with van der Waals surface area (Å²) in [6.07, 6.45) is 2.74. The molecule has 1 aromatic heterocycles. The molecule has 9 nitrogen and oxygen atoms in total. The van der Waals surface area contributed by atoms with Gasteiger partial charge in [-0.25, -0.2) is 8.42 Å². The van der Waals surface area contributed by atoms with Gasteiger partial charge in [-0.2, -0.15) is 0 Å². The van der Waals surface area contributed by atoms with Gasteiger partial charge in [-0.3, -0.25) is 14.1 Å². The van der Waals surface area contributed by atoms with E-state index in [4.69, 9.17) is 25.5 Å². The molecule has 3 aromatic carbocycles. The lowest BCUT2D eigenvalue weighted by atomic mass is 10.0. The second kappa shape index (κ2) is 12.4. The van der Waals surface area contributed by atoms with Crippen LogP contribution in [0.5, 0.6) is 17.2 Å². The van der Waals surface area contributed by atoms with E-state index in [9.17, 15) is 13.2 Å². The van der Waals surface area contributed by atoms with Crippen molar-refractivity contribution in [3.05, 3.63) is 88.1 Å². The van der Waals surface area contributed by atoms with Crippen LogP contribution in [-0.2, 0) is 29.7 Å². The molecule has 1 amide bonds. The third-order valence-electron chi connectivity index (χ3n) is 8.85. The van der Waals surface area contributed by atoms with Crippen LogP contribution in [0.4, 0.5) is 5.69 Å². The highest BCUT2D eigenvalue weighted by Gasteiger charge is 2.41. The van der Waals surface area contributed by atoms with E-state index in [0.717, 1.165) is 17.4 Å². The fourth-order valence-corrected chi connectivity index (χ4v) is 6.98. The lowest BCUT2D eigenvalue weighted by molar-refractivity contribution is 0.0762. The maximum atomic E-state index is 14.4. The number of halogens is 1. The predicted octanol–water partition coefficient (Wildman–Crippen LogP) is 7.41. The Bertz CT molecular complexity index is 1910. The second-order valence-electron chi connectivity index (χ2n) is 13.1. The first-order chi connectivity index (χ1) is 21.5. The summed E-state index contributed by atoms with van der Waals surface area (Å²) in [6, 6.07) is 16.5. The molecule has 0 fully saturated rings. The fourth-order valence-electron chi connectivity index (χ4n) is 5.19. The number of aromatic nitrogens is 1. The molecule has 2 heterocycles. The smallest absolute Gasteiger partial charge is 0.258 e. The van der Waals surface area contributed by atoms with Gasteiger partial charge in [0.05, 0.1) is 24.6 Å². The number of carbonyl (C=O) groups is 1. The van der Waals surface area contributed by atoms with Gasteiger partial charge in [0.15, 0.2) is 5.75 Å². The molecule has 46 heavy (non-hydrogen) atoms. The molecular weight excluding hydrogens is 642 g/mol. The first-order valence-electron chi connectivity index (χ1n) is 14.9. The normalized spacial score (nSPS) is 13.6. The Kier molecular flexibility index (Phi) is 9.06. The third-order valence-corrected chi connectivity index (χ3v) is 14.6. The van der Waals surface area contributed by atoms with Crippen LogP contribution < -0.4 is 18.2 Å². The summed E-state index contributed by atoms with van der Waals surface area (Å²) in [7, 11) is -2.82. The third kappa shape index (κ3) is 6.54. The zero-order valence-corrected chi connectivity index (χ0v) is 30.0. The molecule has 0 saturated carbocycles. The van der Waals surface area contributed by atoms with Crippen molar-refractivity contribution >= 4 is 52.4 Å². The first-order valence-corrected chi connectivity index (χ1v) is 20.0. The van der Waals surface area contributed by atoms with E-state index >= 15 is 0 Å². The topological polar surface area (TPSA) is 98.3 Å². The quantitative estimate of drug-likeness (QED) is 0.161. The lowest BCUT2D eigenvalue weighted by Crippen LogP contribution is -2.44. The standard InChI is InChI=1S/C34H40ClN3O6SSi/c1-34(2,3)46(7,8)44-28-16-13-24(35)18-23(28)19-38-20-27-29(33(38)39)32(43-21-22-11-14-25(42-5)15-12-22)30-26(10-9-17-36-30)31(27)37(4)45(6,40)41/h9-18H,19-21H2,1-8H3. The molecular formula is C34H40ClN3O6SSi. The summed E-state index contributed by atoms with van der Waals surface area (Å²) in [5.74, 6) is 1.40. The zero-order chi connectivity index (χ0) is 33.6. The number of hydrogen-bond donors (Lipinski definition) is 0. The number of carbonyl (C=O) groups excluding carboxylic acids is 1. The number of hydrogen-bond acceptors (Lipinski definition) is 7. The van der Waals surface area contributed by atoms with Gasteiger partial charge in [0, 0.05) is 47.9 Å². The molecule has 0 bridgehead atoms. The second-order valence-corrected chi connectivity index (χ2v) is 20.2. The van der Waals surface area contributed by atoms with Crippen molar-refractivity contribution in [3.63, 3.8) is 0 Å². The monoisotopic (exact) mass is 681 g/mol. The molecule has 244 valence electrons. The number of methoxy groups -OCH3 is 1. The van der Waals surface area contributed by atoms with E-state index in [-0.39, 0.29) is 30.6 Å². The average molecular weight is 682 g/mol.